The van der Waals surface area contributed by atoms with Crippen molar-refractivity contribution < 1.29 is 14.4 Å². The fourth-order valence-corrected chi connectivity index (χ4v) is 3.27. The first-order valence-electron chi connectivity index (χ1n) is 11.3. The van der Waals surface area contributed by atoms with Crippen molar-refractivity contribution in [3.05, 3.63) is 90.0 Å². The van der Waals surface area contributed by atoms with E-state index in [1.807, 2.05) is 30.3 Å². The number of hydrogen-bond acceptors (Lipinski definition) is 4. The van der Waals surface area contributed by atoms with Crippen molar-refractivity contribution in [3.63, 3.8) is 0 Å². The summed E-state index contributed by atoms with van der Waals surface area (Å²) < 4.78 is 0. The Morgan fingerprint density at radius 1 is 0.794 bits per heavy atom. The van der Waals surface area contributed by atoms with Crippen molar-refractivity contribution in [1.82, 2.24) is 5.32 Å². The molecule has 176 valence electrons. The van der Waals surface area contributed by atoms with E-state index in [2.05, 4.69) is 22.9 Å². The van der Waals surface area contributed by atoms with E-state index in [4.69, 9.17) is 0 Å². The molecule has 0 saturated heterocycles. The molecule has 3 aromatic rings. The van der Waals surface area contributed by atoms with Crippen LogP contribution in [0.25, 0.3) is 0 Å². The third-order valence-electron chi connectivity index (χ3n) is 5.28. The molecule has 0 bridgehead atoms. The molecule has 0 aromatic heterocycles. The number of rotatable bonds is 10. The van der Waals surface area contributed by atoms with E-state index in [0.29, 0.717) is 23.4 Å². The van der Waals surface area contributed by atoms with E-state index in [9.17, 15) is 14.4 Å². The van der Waals surface area contributed by atoms with Gasteiger partial charge in [-0.3, -0.25) is 14.4 Å². The van der Waals surface area contributed by atoms with Crippen molar-refractivity contribution in [2.75, 3.05) is 35.7 Å². The van der Waals surface area contributed by atoms with Crippen LogP contribution in [-0.4, -0.2) is 37.9 Å². The minimum Gasteiger partial charge on any atom is -0.376 e. The lowest BCUT2D eigenvalue weighted by molar-refractivity contribution is -0.114. The lowest BCUT2D eigenvalue weighted by Gasteiger charge is -2.17. The maximum atomic E-state index is 12.7. The molecule has 0 aliphatic rings. The van der Waals surface area contributed by atoms with Gasteiger partial charge in [0.15, 0.2) is 0 Å². The summed E-state index contributed by atoms with van der Waals surface area (Å²) in [4.78, 5) is 38.6. The number of carbonyl (C=O) groups is 3. The summed E-state index contributed by atoms with van der Waals surface area (Å²) in [5, 5.41) is 8.72. The van der Waals surface area contributed by atoms with E-state index in [1.54, 1.807) is 60.5 Å². The normalized spacial score (nSPS) is 10.3. The van der Waals surface area contributed by atoms with Gasteiger partial charge in [-0.2, -0.15) is 0 Å². The Morgan fingerprint density at radius 3 is 2.06 bits per heavy atom. The van der Waals surface area contributed by atoms with Gasteiger partial charge in [-0.05, 0) is 67.1 Å². The Morgan fingerprint density at radius 2 is 1.41 bits per heavy atom. The molecule has 0 heterocycles. The highest BCUT2D eigenvalue weighted by molar-refractivity contribution is 6.06. The smallest absolute Gasteiger partial charge is 0.258 e. The van der Waals surface area contributed by atoms with Crippen LogP contribution < -0.4 is 20.9 Å². The number of hydrogen-bond donors (Lipinski definition) is 3. The van der Waals surface area contributed by atoms with Crippen LogP contribution in [0.4, 0.5) is 17.1 Å². The highest BCUT2D eigenvalue weighted by Gasteiger charge is 2.13. The zero-order valence-corrected chi connectivity index (χ0v) is 19.5. The van der Waals surface area contributed by atoms with Crippen LogP contribution in [0.3, 0.4) is 0 Å². The zero-order valence-electron chi connectivity index (χ0n) is 19.5. The molecule has 3 amide bonds. The maximum Gasteiger partial charge on any atom is 0.258 e. The number of amides is 3. The highest BCUT2D eigenvalue weighted by atomic mass is 16.2. The molecule has 7 nitrogen and oxygen atoms in total. The minimum absolute atomic E-state index is 0.0689. The highest BCUT2D eigenvalue weighted by Crippen LogP contribution is 2.17. The maximum absolute atomic E-state index is 12.7. The Hall–Kier alpha value is -4.13. The minimum atomic E-state index is -0.220. The van der Waals surface area contributed by atoms with Gasteiger partial charge in [0.25, 0.3) is 11.8 Å². The van der Waals surface area contributed by atoms with E-state index in [1.165, 1.54) is 0 Å². The first kappa shape index (κ1) is 24.5. The molecule has 3 aromatic carbocycles. The fourth-order valence-electron chi connectivity index (χ4n) is 3.27. The summed E-state index contributed by atoms with van der Waals surface area (Å²) >= 11 is 0. The number of nitrogens with zero attached hydrogens (tertiary/aromatic N) is 1. The van der Waals surface area contributed by atoms with Gasteiger partial charge in [0.1, 0.15) is 0 Å². The number of nitrogens with one attached hydrogen (secondary N) is 3. The molecule has 3 rings (SSSR count). The molecule has 0 spiro atoms. The molecule has 34 heavy (non-hydrogen) atoms. The fraction of sp³-hybridized carbons (Fsp3) is 0.222. The van der Waals surface area contributed by atoms with Crippen molar-refractivity contribution in [2.45, 2.75) is 19.8 Å². The van der Waals surface area contributed by atoms with Gasteiger partial charge in [-0.1, -0.05) is 31.5 Å². The average molecular weight is 459 g/mol. The summed E-state index contributed by atoms with van der Waals surface area (Å²) in [6, 6.07) is 23.2. The third-order valence-corrected chi connectivity index (χ3v) is 5.28. The third kappa shape index (κ3) is 6.93. The molecule has 0 fully saturated rings. The molecule has 0 radical (unpaired) electrons. The van der Waals surface area contributed by atoms with Gasteiger partial charge >= 0.3 is 0 Å². The predicted octanol–water partition coefficient (Wildman–Crippen LogP) is 4.54. The van der Waals surface area contributed by atoms with Gasteiger partial charge in [-0.15, -0.1) is 0 Å². The summed E-state index contributed by atoms with van der Waals surface area (Å²) in [6.45, 7) is 2.80. The molecule has 0 aliphatic carbocycles. The van der Waals surface area contributed by atoms with Crippen LogP contribution in [0.5, 0.6) is 0 Å². The number of para-hydroxylation sites is 1. The molecule has 3 N–H and O–H groups in total. The Kier molecular flexibility index (Phi) is 8.80. The van der Waals surface area contributed by atoms with E-state index >= 15 is 0 Å². The summed E-state index contributed by atoms with van der Waals surface area (Å²) in [5.41, 5.74) is 3.26. The molecule has 0 aliphatic heterocycles. The summed E-state index contributed by atoms with van der Waals surface area (Å²) in [7, 11) is 1.73. The standard InChI is InChI=1S/C27H30N4O3/c1-3-4-18-28-26(33)20-10-14-22(15-11-20)29-19-25(32)30-23-16-12-21(13-17-23)27(34)31(2)24-8-6-5-7-9-24/h5-17,29H,3-4,18-19H2,1-2H3,(H,28,33)(H,30,32). The lowest BCUT2D eigenvalue weighted by atomic mass is 10.1. The van der Waals surface area contributed by atoms with Gasteiger partial charge in [0.05, 0.1) is 6.54 Å². The van der Waals surface area contributed by atoms with Gasteiger partial charge in [0.2, 0.25) is 5.91 Å². The SMILES string of the molecule is CCCCNC(=O)c1ccc(NCC(=O)Nc2ccc(C(=O)N(C)c3ccccc3)cc2)cc1. The van der Waals surface area contributed by atoms with Gasteiger partial charge in [0, 0.05) is 41.8 Å². The van der Waals surface area contributed by atoms with E-state index < -0.39 is 0 Å². The number of unbranched alkanes of at least 4 members (excludes halogenated alkanes) is 1. The quantitative estimate of drug-likeness (QED) is 0.389. The molecule has 0 saturated carbocycles. The first-order chi connectivity index (χ1) is 16.5. The first-order valence-corrected chi connectivity index (χ1v) is 11.3. The molecule has 0 atom stereocenters. The number of carbonyl (C=O) groups excluding carboxylic acids is 3. The Labute approximate surface area is 200 Å². The zero-order chi connectivity index (χ0) is 24.3. The molecular weight excluding hydrogens is 428 g/mol. The van der Waals surface area contributed by atoms with Crippen LogP contribution in [0.2, 0.25) is 0 Å². The van der Waals surface area contributed by atoms with Crippen LogP contribution in [0.1, 0.15) is 40.5 Å². The van der Waals surface area contributed by atoms with Gasteiger partial charge < -0.3 is 20.9 Å². The van der Waals surface area contributed by atoms with Crippen LogP contribution in [-0.2, 0) is 4.79 Å². The van der Waals surface area contributed by atoms with Crippen LogP contribution in [0.15, 0.2) is 78.9 Å². The van der Waals surface area contributed by atoms with Crippen molar-refractivity contribution in [1.29, 1.82) is 0 Å². The second kappa shape index (κ2) is 12.2. The average Bonchev–Trinajstić information content (AvgIpc) is 2.88. The van der Waals surface area contributed by atoms with Crippen molar-refractivity contribution in [2.24, 2.45) is 0 Å². The summed E-state index contributed by atoms with van der Waals surface area (Å²) in [5.74, 6) is -0.454. The van der Waals surface area contributed by atoms with Crippen LogP contribution in [0, 0.1) is 0 Å². The molecular formula is C27H30N4O3. The second-order valence-electron chi connectivity index (χ2n) is 7.87. The van der Waals surface area contributed by atoms with E-state index in [-0.39, 0.29) is 24.3 Å². The number of anilines is 3. The monoisotopic (exact) mass is 458 g/mol. The number of benzene rings is 3. The van der Waals surface area contributed by atoms with Crippen LogP contribution >= 0.6 is 0 Å². The second-order valence-corrected chi connectivity index (χ2v) is 7.87. The largest absolute Gasteiger partial charge is 0.376 e. The van der Waals surface area contributed by atoms with Crippen molar-refractivity contribution in [3.8, 4) is 0 Å². The molecule has 0 unspecified atom stereocenters. The topological polar surface area (TPSA) is 90.5 Å². The Bertz CT molecular complexity index is 1100. The van der Waals surface area contributed by atoms with Gasteiger partial charge in [-0.25, -0.2) is 0 Å². The Balaban J connectivity index is 1.48. The van der Waals surface area contributed by atoms with Crippen molar-refractivity contribution >= 4 is 34.8 Å². The van der Waals surface area contributed by atoms with E-state index in [0.717, 1.165) is 24.2 Å². The lowest BCUT2D eigenvalue weighted by Crippen LogP contribution is -2.26. The predicted molar refractivity (Wildman–Crippen MR) is 136 cm³/mol. The molecule has 7 heteroatoms. The summed E-state index contributed by atoms with van der Waals surface area (Å²) in [6.07, 6.45) is 1.98.